The molecule has 0 spiro atoms. The average Bonchev–Trinajstić information content (AvgIpc) is 3.27. The molecule has 3 rings (SSSR count). The van der Waals surface area contributed by atoms with Crippen LogP contribution in [-0.4, -0.2) is 33.0 Å². The molecule has 178 valence electrons. The number of thiazole rings is 1. The van der Waals surface area contributed by atoms with Crippen molar-refractivity contribution in [1.82, 2.24) is 10.3 Å². The van der Waals surface area contributed by atoms with E-state index in [1.165, 1.54) is 40.4 Å². The Morgan fingerprint density at radius 2 is 1.94 bits per heavy atom. The van der Waals surface area contributed by atoms with Gasteiger partial charge in [0.05, 0.1) is 27.6 Å². The van der Waals surface area contributed by atoms with Gasteiger partial charge in [0.15, 0.2) is 5.82 Å². The van der Waals surface area contributed by atoms with Gasteiger partial charge in [-0.25, -0.2) is 22.2 Å². The van der Waals surface area contributed by atoms with E-state index in [2.05, 4.69) is 32.6 Å². The molecule has 12 heteroatoms. The van der Waals surface area contributed by atoms with Crippen LogP contribution in [0.15, 0.2) is 46.1 Å². The van der Waals surface area contributed by atoms with Crippen LogP contribution in [0.5, 0.6) is 0 Å². The topological polar surface area (TPSA) is 95.1 Å². The predicted molar refractivity (Wildman–Crippen MR) is 130 cm³/mol. The number of anilines is 4. The molecule has 0 radical (unpaired) electrons. The minimum atomic E-state index is -4.23. The number of rotatable bonds is 11. The van der Waals surface area contributed by atoms with E-state index in [1.54, 1.807) is 0 Å². The molecule has 2 aromatic carbocycles. The van der Waals surface area contributed by atoms with Crippen molar-refractivity contribution in [2.24, 2.45) is 0 Å². The Morgan fingerprint density at radius 1 is 1.15 bits per heavy atom. The van der Waals surface area contributed by atoms with E-state index in [-0.39, 0.29) is 16.5 Å². The lowest BCUT2D eigenvalue weighted by molar-refractivity contribution is 0.521. The number of aromatic nitrogens is 1. The Bertz CT molecular complexity index is 1190. The van der Waals surface area contributed by atoms with Gasteiger partial charge in [-0.05, 0) is 44.2 Å². The average molecular weight is 516 g/mol. The fraction of sp³-hybridized carbons (Fsp3) is 0.286. The van der Waals surface area contributed by atoms with Crippen molar-refractivity contribution in [1.29, 1.82) is 0 Å². The molecule has 0 aliphatic carbocycles. The second-order valence-corrected chi connectivity index (χ2v) is 9.94. The maximum absolute atomic E-state index is 14.8. The van der Waals surface area contributed by atoms with Crippen molar-refractivity contribution in [2.45, 2.75) is 30.7 Å². The highest BCUT2D eigenvalue weighted by atomic mass is 35.5. The number of sulfonamides is 1. The molecular weight excluding hydrogens is 492 g/mol. The first-order valence-corrected chi connectivity index (χ1v) is 12.9. The molecular formula is C21H24ClF2N5O2S2. The number of benzene rings is 2. The third-order valence-electron chi connectivity index (χ3n) is 4.94. The summed E-state index contributed by atoms with van der Waals surface area (Å²) in [6.07, 6.45) is 1.77. The Hall–Kier alpha value is -2.47. The van der Waals surface area contributed by atoms with E-state index in [1.807, 2.05) is 7.05 Å². The minimum Gasteiger partial charge on any atom is -0.383 e. The van der Waals surface area contributed by atoms with Crippen LogP contribution in [-0.2, 0) is 10.0 Å². The third-order valence-corrected chi connectivity index (χ3v) is 7.21. The molecule has 4 N–H and O–H groups in total. The second kappa shape index (κ2) is 11.1. The summed E-state index contributed by atoms with van der Waals surface area (Å²) in [5.74, 6) is -1.35. The zero-order chi connectivity index (χ0) is 24.0. The summed E-state index contributed by atoms with van der Waals surface area (Å²) in [4.78, 5) is 3.22. The molecule has 7 nitrogen and oxygen atoms in total. The molecule has 0 saturated heterocycles. The molecule has 0 aliphatic heterocycles. The first kappa shape index (κ1) is 25.2. The van der Waals surface area contributed by atoms with Gasteiger partial charge in [-0.1, -0.05) is 18.5 Å². The van der Waals surface area contributed by atoms with Crippen molar-refractivity contribution in [3.63, 3.8) is 0 Å². The van der Waals surface area contributed by atoms with E-state index in [0.717, 1.165) is 25.0 Å². The van der Waals surface area contributed by atoms with Crippen molar-refractivity contribution >= 4 is 55.8 Å². The zero-order valence-corrected chi connectivity index (χ0v) is 20.3. The summed E-state index contributed by atoms with van der Waals surface area (Å²) >= 11 is 7.46. The summed E-state index contributed by atoms with van der Waals surface area (Å²) in [6, 6.07) is 6.40. The minimum absolute atomic E-state index is 0.0217. The van der Waals surface area contributed by atoms with Gasteiger partial charge in [0.25, 0.3) is 10.0 Å². The largest absolute Gasteiger partial charge is 0.383 e. The summed E-state index contributed by atoms with van der Waals surface area (Å²) in [5, 5.41) is 10.8. The lowest BCUT2D eigenvalue weighted by atomic mass is 10.1. The summed E-state index contributed by atoms with van der Waals surface area (Å²) in [6.45, 7) is 2.65. The number of nitrogens with zero attached hydrogens (tertiary/aromatic N) is 1. The van der Waals surface area contributed by atoms with Gasteiger partial charge >= 0.3 is 0 Å². The molecule has 1 aromatic heterocycles. The third kappa shape index (κ3) is 6.53. The normalized spacial score (nSPS) is 12.4. The smallest absolute Gasteiger partial charge is 0.266 e. The molecule has 1 unspecified atom stereocenters. The Morgan fingerprint density at radius 3 is 2.61 bits per heavy atom. The van der Waals surface area contributed by atoms with Crippen LogP contribution in [0.4, 0.5) is 31.7 Å². The molecule has 1 atom stereocenters. The standard InChI is InChI=1S/C21H24ClF2N5O2S2/c1-3-14(25-2)6-7-26-19-8-13(23)4-5-17(19)28-18-10-16(24)20(9-15(18)22)33(30,31)29-21-11-32-12-27-21/h4-5,8-12,14,25-26,28-29H,3,6-7H2,1-2H3. The number of nitrogens with one attached hydrogen (secondary N) is 4. The monoisotopic (exact) mass is 515 g/mol. The van der Waals surface area contributed by atoms with Gasteiger partial charge in [0, 0.05) is 24.0 Å². The lowest BCUT2D eigenvalue weighted by Gasteiger charge is -2.18. The molecule has 3 aromatic rings. The van der Waals surface area contributed by atoms with E-state index in [9.17, 15) is 17.2 Å². The second-order valence-electron chi connectivity index (χ2n) is 7.17. The summed E-state index contributed by atoms with van der Waals surface area (Å²) < 4.78 is 55.9. The molecule has 0 saturated carbocycles. The van der Waals surface area contributed by atoms with Gasteiger partial charge in [0.2, 0.25) is 0 Å². The van der Waals surface area contributed by atoms with Crippen LogP contribution in [0.3, 0.4) is 0 Å². The van der Waals surface area contributed by atoms with Gasteiger partial charge in [0.1, 0.15) is 16.5 Å². The van der Waals surface area contributed by atoms with Crippen molar-refractivity contribution < 1.29 is 17.2 Å². The highest BCUT2D eigenvalue weighted by Gasteiger charge is 2.22. The molecule has 0 bridgehead atoms. The maximum Gasteiger partial charge on any atom is 0.266 e. The Kier molecular flexibility index (Phi) is 8.46. The van der Waals surface area contributed by atoms with Crippen LogP contribution in [0.1, 0.15) is 19.8 Å². The SMILES string of the molecule is CCC(CCNc1cc(F)ccc1Nc1cc(F)c(S(=O)(=O)Nc2cscn2)cc1Cl)NC. The fourth-order valence-electron chi connectivity index (χ4n) is 3.14. The van der Waals surface area contributed by atoms with Gasteiger partial charge in [-0.3, -0.25) is 4.72 Å². The van der Waals surface area contributed by atoms with Crippen LogP contribution >= 0.6 is 22.9 Å². The lowest BCUT2D eigenvalue weighted by Crippen LogP contribution is -2.26. The van der Waals surface area contributed by atoms with Crippen LogP contribution in [0.25, 0.3) is 0 Å². The van der Waals surface area contributed by atoms with Crippen LogP contribution in [0, 0.1) is 11.6 Å². The van der Waals surface area contributed by atoms with Gasteiger partial charge < -0.3 is 16.0 Å². The zero-order valence-electron chi connectivity index (χ0n) is 18.0. The van der Waals surface area contributed by atoms with E-state index < -0.39 is 26.6 Å². The summed E-state index contributed by atoms with van der Waals surface area (Å²) in [5.41, 5.74) is 2.52. The maximum atomic E-state index is 14.8. The fourth-order valence-corrected chi connectivity index (χ4v) is 5.06. The molecule has 0 amide bonds. The first-order chi connectivity index (χ1) is 15.7. The summed E-state index contributed by atoms with van der Waals surface area (Å²) in [7, 11) is -2.34. The number of hydrogen-bond donors (Lipinski definition) is 4. The Labute approximate surface area is 200 Å². The molecule has 1 heterocycles. The quantitative estimate of drug-likeness (QED) is 0.272. The van der Waals surface area contributed by atoms with Crippen molar-refractivity contribution in [3.05, 3.63) is 57.9 Å². The van der Waals surface area contributed by atoms with E-state index in [0.29, 0.717) is 24.0 Å². The van der Waals surface area contributed by atoms with Gasteiger partial charge in [-0.2, -0.15) is 0 Å². The highest BCUT2D eigenvalue weighted by Crippen LogP contribution is 2.34. The molecule has 33 heavy (non-hydrogen) atoms. The van der Waals surface area contributed by atoms with Crippen molar-refractivity contribution in [2.75, 3.05) is 28.9 Å². The van der Waals surface area contributed by atoms with Crippen LogP contribution in [0.2, 0.25) is 5.02 Å². The highest BCUT2D eigenvalue weighted by molar-refractivity contribution is 7.92. The Balaban J connectivity index is 1.82. The number of hydrogen-bond acceptors (Lipinski definition) is 7. The van der Waals surface area contributed by atoms with Crippen LogP contribution < -0.4 is 20.7 Å². The molecule has 0 aliphatic rings. The van der Waals surface area contributed by atoms with E-state index >= 15 is 0 Å². The van der Waals surface area contributed by atoms with Crippen molar-refractivity contribution in [3.8, 4) is 0 Å². The predicted octanol–water partition coefficient (Wildman–Crippen LogP) is 5.42. The number of halogens is 3. The van der Waals surface area contributed by atoms with Gasteiger partial charge in [-0.15, -0.1) is 11.3 Å². The van der Waals surface area contributed by atoms with E-state index in [4.69, 9.17) is 11.6 Å². The first-order valence-electron chi connectivity index (χ1n) is 10.1. The molecule has 0 fully saturated rings.